The van der Waals surface area contributed by atoms with Crippen LogP contribution in [0.25, 0.3) is 0 Å². The number of nitrogens with zero attached hydrogens (tertiary/aromatic N) is 2. The van der Waals surface area contributed by atoms with Crippen LogP contribution in [0.3, 0.4) is 0 Å². The molecule has 0 aliphatic heterocycles. The molecule has 0 spiro atoms. The minimum atomic E-state index is -1.50. The van der Waals surface area contributed by atoms with Crippen LogP contribution in [0.15, 0.2) is 36.7 Å². The highest BCUT2D eigenvalue weighted by molar-refractivity contribution is 5.68. The highest BCUT2D eigenvalue weighted by Crippen LogP contribution is 2.34. The molecular formula is C20H26FN3O3. The zero-order valence-corrected chi connectivity index (χ0v) is 16.0. The number of rotatable bonds is 7. The molecule has 7 heteroatoms. The van der Waals surface area contributed by atoms with Crippen molar-refractivity contribution in [2.45, 2.75) is 45.3 Å². The van der Waals surface area contributed by atoms with E-state index in [4.69, 9.17) is 5.11 Å². The van der Waals surface area contributed by atoms with Crippen molar-refractivity contribution in [2.24, 2.45) is 0 Å². The minimum absolute atomic E-state index is 0.0961. The number of aromatic nitrogens is 1. The number of hydrogen-bond donors (Lipinski definition) is 3. The molecule has 0 bridgehead atoms. The molecule has 2 rings (SSSR count). The second kappa shape index (κ2) is 8.24. The van der Waals surface area contributed by atoms with Gasteiger partial charge < -0.3 is 20.4 Å². The number of anilines is 2. The topological polar surface area (TPSA) is 85.7 Å². The SMILES string of the molecule is CC(CCc1ccc(N(C)c2cncc(C(C)(C)F)c2)c(O)c1)NC(=O)O. The van der Waals surface area contributed by atoms with E-state index < -0.39 is 11.8 Å². The predicted molar refractivity (Wildman–Crippen MR) is 103 cm³/mol. The molecule has 0 saturated heterocycles. The van der Waals surface area contributed by atoms with Crippen LogP contribution in [-0.4, -0.2) is 34.4 Å². The quantitative estimate of drug-likeness (QED) is 0.670. The number of carboxylic acid groups (broad SMARTS) is 1. The largest absolute Gasteiger partial charge is 0.506 e. The maximum Gasteiger partial charge on any atom is 0.404 e. The molecule has 146 valence electrons. The van der Waals surface area contributed by atoms with Crippen molar-refractivity contribution in [2.75, 3.05) is 11.9 Å². The Kier molecular flexibility index (Phi) is 6.25. The Morgan fingerprint density at radius 1 is 1.33 bits per heavy atom. The summed E-state index contributed by atoms with van der Waals surface area (Å²) in [6.07, 6.45) is 3.31. The first-order chi connectivity index (χ1) is 12.6. The Morgan fingerprint density at radius 2 is 2.04 bits per heavy atom. The van der Waals surface area contributed by atoms with E-state index in [0.717, 1.165) is 5.56 Å². The Labute approximate surface area is 158 Å². The molecule has 1 unspecified atom stereocenters. The fourth-order valence-corrected chi connectivity index (χ4v) is 2.75. The Balaban J connectivity index is 2.14. The molecule has 1 amide bonds. The summed E-state index contributed by atoms with van der Waals surface area (Å²) in [5.41, 5.74) is 1.10. The van der Waals surface area contributed by atoms with Gasteiger partial charge in [0.05, 0.1) is 17.6 Å². The third kappa shape index (κ3) is 5.57. The molecule has 2 aromatic rings. The lowest BCUT2D eigenvalue weighted by molar-refractivity contribution is 0.190. The second-order valence-electron chi connectivity index (χ2n) is 7.18. The highest BCUT2D eigenvalue weighted by atomic mass is 19.1. The van der Waals surface area contributed by atoms with E-state index in [1.807, 2.05) is 6.07 Å². The van der Waals surface area contributed by atoms with E-state index in [2.05, 4.69) is 10.3 Å². The van der Waals surface area contributed by atoms with Crippen LogP contribution in [-0.2, 0) is 12.1 Å². The lowest BCUT2D eigenvalue weighted by atomic mass is 10.0. The van der Waals surface area contributed by atoms with Crippen LogP contribution in [0.2, 0.25) is 0 Å². The van der Waals surface area contributed by atoms with Gasteiger partial charge in [-0.3, -0.25) is 4.98 Å². The van der Waals surface area contributed by atoms with Gasteiger partial charge in [-0.25, -0.2) is 9.18 Å². The van der Waals surface area contributed by atoms with Crippen LogP contribution in [0.1, 0.15) is 38.3 Å². The number of hydrogen-bond acceptors (Lipinski definition) is 4. The van der Waals surface area contributed by atoms with Crippen LogP contribution < -0.4 is 10.2 Å². The van der Waals surface area contributed by atoms with Gasteiger partial charge in [0.25, 0.3) is 0 Å². The van der Waals surface area contributed by atoms with Crippen LogP contribution >= 0.6 is 0 Å². The van der Waals surface area contributed by atoms with Crippen molar-refractivity contribution in [1.29, 1.82) is 0 Å². The minimum Gasteiger partial charge on any atom is -0.506 e. The molecule has 1 atom stereocenters. The number of phenols is 1. The Morgan fingerprint density at radius 3 is 2.63 bits per heavy atom. The molecule has 1 heterocycles. The average Bonchev–Trinajstić information content (AvgIpc) is 2.58. The maximum atomic E-state index is 14.2. The van der Waals surface area contributed by atoms with Gasteiger partial charge in [0, 0.05) is 24.8 Å². The fraction of sp³-hybridized carbons (Fsp3) is 0.400. The van der Waals surface area contributed by atoms with Crippen molar-refractivity contribution in [3.05, 3.63) is 47.8 Å². The normalized spacial score (nSPS) is 12.5. The lowest BCUT2D eigenvalue weighted by Crippen LogP contribution is -2.31. The fourth-order valence-electron chi connectivity index (χ4n) is 2.75. The number of alkyl halides is 1. The first-order valence-electron chi connectivity index (χ1n) is 8.77. The number of carbonyl (C=O) groups is 1. The molecule has 0 saturated carbocycles. The standard InChI is InChI=1S/C20H26FN3O3/c1-13(23-19(26)27)5-6-14-7-8-17(18(25)9-14)24(4)16-10-15(11-22-12-16)20(2,3)21/h7-13,23,25H,5-6H2,1-4H3,(H,26,27). The van der Waals surface area contributed by atoms with E-state index in [1.54, 1.807) is 43.3 Å². The summed E-state index contributed by atoms with van der Waals surface area (Å²) < 4.78 is 14.2. The molecule has 0 aliphatic rings. The van der Waals surface area contributed by atoms with Gasteiger partial charge in [-0.2, -0.15) is 0 Å². The third-order valence-corrected chi connectivity index (χ3v) is 4.43. The lowest BCUT2D eigenvalue weighted by Gasteiger charge is -2.23. The monoisotopic (exact) mass is 375 g/mol. The van der Waals surface area contributed by atoms with E-state index in [0.29, 0.717) is 29.8 Å². The van der Waals surface area contributed by atoms with Crippen molar-refractivity contribution in [3.63, 3.8) is 0 Å². The Hall–Kier alpha value is -2.83. The highest BCUT2D eigenvalue weighted by Gasteiger charge is 2.20. The number of nitrogens with one attached hydrogen (secondary N) is 1. The number of amides is 1. The number of aryl methyl sites for hydroxylation is 1. The molecule has 1 aromatic carbocycles. The number of benzene rings is 1. The zero-order chi connectivity index (χ0) is 20.2. The van der Waals surface area contributed by atoms with E-state index in [-0.39, 0.29) is 11.8 Å². The maximum absolute atomic E-state index is 14.2. The number of aromatic hydroxyl groups is 1. The van der Waals surface area contributed by atoms with Crippen molar-refractivity contribution < 1.29 is 19.4 Å². The first kappa shape index (κ1) is 20.5. The molecule has 3 N–H and O–H groups in total. The zero-order valence-electron chi connectivity index (χ0n) is 16.0. The Bertz CT molecular complexity index is 805. The van der Waals surface area contributed by atoms with Gasteiger partial charge in [0.15, 0.2) is 0 Å². The van der Waals surface area contributed by atoms with Crippen molar-refractivity contribution >= 4 is 17.5 Å². The number of pyridine rings is 1. The van der Waals surface area contributed by atoms with Crippen LogP contribution in [0.5, 0.6) is 5.75 Å². The first-order valence-corrected chi connectivity index (χ1v) is 8.77. The molecule has 6 nitrogen and oxygen atoms in total. The number of phenolic OH excluding ortho intramolecular Hbond substituents is 1. The molecule has 1 aromatic heterocycles. The summed E-state index contributed by atoms with van der Waals surface area (Å²) in [7, 11) is 1.78. The predicted octanol–water partition coefficient (Wildman–Crippen LogP) is 4.35. The molecule has 27 heavy (non-hydrogen) atoms. The number of halogens is 1. The van der Waals surface area contributed by atoms with Crippen molar-refractivity contribution in [1.82, 2.24) is 10.3 Å². The molecule has 0 aliphatic carbocycles. The molecule has 0 fully saturated rings. The van der Waals surface area contributed by atoms with E-state index in [1.165, 1.54) is 20.0 Å². The van der Waals surface area contributed by atoms with Gasteiger partial charge >= 0.3 is 6.09 Å². The van der Waals surface area contributed by atoms with Crippen LogP contribution in [0, 0.1) is 0 Å². The summed E-state index contributed by atoms with van der Waals surface area (Å²) in [5.74, 6) is 0.0961. The smallest absolute Gasteiger partial charge is 0.404 e. The third-order valence-electron chi connectivity index (χ3n) is 4.43. The summed E-state index contributed by atoms with van der Waals surface area (Å²) >= 11 is 0. The van der Waals surface area contributed by atoms with Gasteiger partial charge in [0.2, 0.25) is 0 Å². The molecular weight excluding hydrogens is 349 g/mol. The summed E-state index contributed by atoms with van der Waals surface area (Å²) in [6, 6.07) is 6.86. The van der Waals surface area contributed by atoms with Crippen molar-refractivity contribution in [3.8, 4) is 5.75 Å². The van der Waals surface area contributed by atoms with Gasteiger partial charge in [0.1, 0.15) is 11.4 Å². The average molecular weight is 375 g/mol. The summed E-state index contributed by atoms with van der Waals surface area (Å²) in [5, 5.41) is 21.5. The second-order valence-corrected chi connectivity index (χ2v) is 7.18. The van der Waals surface area contributed by atoms with Crippen LogP contribution in [0.4, 0.5) is 20.6 Å². The van der Waals surface area contributed by atoms with Gasteiger partial charge in [-0.15, -0.1) is 0 Å². The van der Waals surface area contributed by atoms with E-state index >= 15 is 0 Å². The van der Waals surface area contributed by atoms with Gasteiger partial charge in [-0.05, 0) is 57.4 Å². The molecule has 0 radical (unpaired) electrons. The summed E-state index contributed by atoms with van der Waals surface area (Å²) in [6.45, 7) is 4.74. The summed E-state index contributed by atoms with van der Waals surface area (Å²) in [4.78, 5) is 16.5. The van der Waals surface area contributed by atoms with Gasteiger partial charge in [-0.1, -0.05) is 6.07 Å². The van der Waals surface area contributed by atoms with E-state index in [9.17, 15) is 14.3 Å².